The first-order valence-corrected chi connectivity index (χ1v) is 10.5. The first-order chi connectivity index (χ1) is 15.1. The van der Waals surface area contributed by atoms with E-state index >= 15 is 0 Å². The van der Waals surface area contributed by atoms with Crippen molar-refractivity contribution in [3.63, 3.8) is 0 Å². The Kier molecular flexibility index (Phi) is 4.99. The molecule has 4 aromatic rings. The molecule has 2 N–H and O–H groups in total. The summed E-state index contributed by atoms with van der Waals surface area (Å²) in [4.78, 5) is 10.9. The predicted molar refractivity (Wildman–Crippen MR) is 120 cm³/mol. The van der Waals surface area contributed by atoms with Crippen LogP contribution in [-0.4, -0.2) is 55.3 Å². The van der Waals surface area contributed by atoms with Crippen LogP contribution in [0.4, 0.5) is 5.95 Å². The van der Waals surface area contributed by atoms with E-state index in [0.29, 0.717) is 29.2 Å². The molecule has 1 aliphatic rings. The number of benzene rings is 1. The standard InChI is InChI=1S/C23H25N7O/c1-15(2)20-14-30(10-7-24-20)23-26-12-19(27-28-23)18-5-3-16(11-21(18)31)17-4-6-22-25-8-9-29(22)13-17/h3-6,8-9,11-13,15,20,24,31H,7,10,14H2,1-2H3/t20-/m1/s1. The lowest BCUT2D eigenvalue weighted by molar-refractivity contribution is 0.365. The first-order valence-electron chi connectivity index (χ1n) is 10.5. The second-order valence-corrected chi connectivity index (χ2v) is 8.24. The van der Waals surface area contributed by atoms with Gasteiger partial charge in [-0.15, -0.1) is 10.2 Å². The van der Waals surface area contributed by atoms with E-state index in [2.05, 4.69) is 44.2 Å². The maximum absolute atomic E-state index is 10.7. The number of aromatic nitrogens is 5. The quantitative estimate of drug-likeness (QED) is 0.529. The van der Waals surface area contributed by atoms with Gasteiger partial charge < -0.3 is 19.7 Å². The summed E-state index contributed by atoms with van der Waals surface area (Å²) in [5.41, 5.74) is 3.95. The third-order valence-corrected chi connectivity index (χ3v) is 5.84. The number of pyridine rings is 1. The molecule has 1 fully saturated rings. The van der Waals surface area contributed by atoms with Gasteiger partial charge in [-0.3, -0.25) is 0 Å². The maximum atomic E-state index is 10.7. The van der Waals surface area contributed by atoms with Crippen molar-refractivity contribution in [2.45, 2.75) is 19.9 Å². The zero-order chi connectivity index (χ0) is 21.4. The van der Waals surface area contributed by atoms with Crippen LogP contribution in [0.5, 0.6) is 5.75 Å². The number of aromatic hydroxyl groups is 1. The molecular formula is C23H25N7O. The number of nitrogens with zero attached hydrogens (tertiary/aromatic N) is 6. The zero-order valence-electron chi connectivity index (χ0n) is 17.6. The molecule has 8 heteroatoms. The Labute approximate surface area is 180 Å². The first kappa shape index (κ1) is 19.4. The van der Waals surface area contributed by atoms with Crippen LogP contribution in [0.25, 0.3) is 28.0 Å². The minimum atomic E-state index is 0.147. The van der Waals surface area contributed by atoms with E-state index in [0.717, 1.165) is 36.4 Å². The van der Waals surface area contributed by atoms with Crippen LogP contribution >= 0.6 is 0 Å². The van der Waals surface area contributed by atoms with Crippen LogP contribution in [-0.2, 0) is 0 Å². The molecule has 0 amide bonds. The van der Waals surface area contributed by atoms with Gasteiger partial charge >= 0.3 is 0 Å². The highest BCUT2D eigenvalue weighted by atomic mass is 16.3. The van der Waals surface area contributed by atoms with Gasteiger partial charge in [-0.2, -0.15) is 0 Å². The van der Waals surface area contributed by atoms with Crippen molar-refractivity contribution in [1.82, 2.24) is 29.9 Å². The van der Waals surface area contributed by atoms with Gasteiger partial charge in [0.2, 0.25) is 5.95 Å². The molecule has 3 aromatic heterocycles. The summed E-state index contributed by atoms with van der Waals surface area (Å²) in [6.45, 7) is 7.04. The minimum Gasteiger partial charge on any atom is -0.507 e. The smallest absolute Gasteiger partial charge is 0.245 e. The lowest BCUT2D eigenvalue weighted by Gasteiger charge is -2.35. The van der Waals surface area contributed by atoms with E-state index in [4.69, 9.17) is 0 Å². The Balaban J connectivity index is 1.37. The van der Waals surface area contributed by atoms with E-state index in [1.807, 2.05) is 41.1 Å². The van der Waals surface area contributed by atoms with Crippen molar-refractivity contribution in [3.05, 3.63) is 55.1 Å². The number of piperazine rings is 1. The van der Waals surface area contributed by atoms with Gasteiger partial charge in [0, 0.05) is 49.8 Å². The second-order valence-electron chi connectivity index (χ2n) is 8.24. The number of nitrogens with one attached hydrogen (secondary N) is 1. The molecule has 31 heavy (non-hydrogen) atoms. The molecule has 5 rings (SSSR count). The number of hydrogen-bond donors (Lipinski definition) is 2. The number of anilines is 1. The molecule has 0 aliphatic carbocycles. The minimum absolute atomic E-state index is 0.147. The Morgan fingerprint density at radius 1 is 1.10 bits per heavy atom. The summed E-state index contributed by atoms with van der Waals surface area (Å²) >= 11 is 0. The third-order valence-electron chi connectivity index (χ3n) is 5.84. The number of phenols is 1. The molecule has 0 bridgehead atoms. The topological polar surface area (TPSA) is 91.5 Å². The van der Waals surface area contributed by atoms with Crippen LogP contribution in [0.1, 0.15) is 13.8 Å². The third kappa shape index (κ3) is 3.82. The molecular weight excluding hydrogens is 390 g/mol. The normalized spacial score (nSPS) is 16.9. The van der Waals surface area contributed by atoms with Gasteiger partial charge in [-0.25, -0.2) is 9.97 Å². The van der Waals surface area contributed by atoms with E-state index in [1.54, 1.807) is 18.5 Å². The molecule has 4 heterocycles. The molecule has 1 atom stereocenters. The summed E-state index contributed by atoms with van der Waals surface area (Å²) in [6, 6.07) is 9.92. The SMILES string of the molecule is CC(C)[C@H]1CN(c2ncc(-c3ccc(-c4ccc5nccn5c4)cc3O)nn2)CCN1. The molecule has 0 saturated carbocycles. The number of rotatable bonds is 4. The maximum Gasteiger partial charge on any atom is 0.245 e. The average Bonchev–Trinajstić information content (AvgIpc) is 3.27. The van der Waals surface area contributed by atoms with Crippen molar-refractivity contribution in [1.29, 1.82) is 0 Å². The van der Waals surface area contributed by atoms with E-state index in [1.165, 1.54) is 0 Å². The summed E-state index contributed by atoms with van der Waals surface area (Å²) in [5.74, 6) is 1.31. The Hall–Kier alpha value is -3.52. The summed E-state index contributed by atoms with van der Waals surface area (Å²) in [7, 11) is 0. The zero-order valence-corrected chi connectivity index (χ0v) is 17.6. The number of imidazole rings is 1. The molecule has 0 unspecified atom stereocenters. The Morgan fingerprint density at radius 3 is 2.74 bits per heavy atom. The van der Waals surface area contributed by atoms with Crippen LogP contribution < -0.4 is 10.2 Å². The van der Waals surface area contributed by atoms with Gasteiger partial charge in [-0.1, -0.05) is 19.9 Å². The van der Waals surface area contributed by atoms with Gasteiger partial charge in [-0.05, 0) is 41.3 Å². The van der Waals surface area contributed by atoms with Gasteiger partial charge in [0.15, 0.2) is 0 Å². The summed E-state index contributed by atoms with van der Waals surface area (Å²) in [5, 5.41) is 22.9. The lowest BCUT2D eigenvalue weighted by Crippen LogP contribution is -2.53. The van der Waals surface area contributed by atoms with Crippen molar-refractivity contribution < 1.29 is 5.11 Å². The molecule has 1 aliphatic heterocycles. The van der Waals surface area contributed by atoms with E-state index in [9.17, 15) is 5.11 Å². The molecule has 0 spiro atoms. The average molecular weight is 416 g/mol. The number of hydrogen-bond acceptors (Lipinski definition) is 7. The van der Waals surface area contributed by atoms with Crippen LogP contribution in [0, 0.1) is 5.92 Å². The molecule has 8 nitrogen and oxygen atoms in total. The van der Waals surface area contributed by atoms with E-state index < -0.39 is 0 Å². The number of phenolic OH excluding ortho intramolecular Hbond substituents is 1. The molecule has 0 radical (unpaired) electrons. The monoisotopic (exact) mass is 415 g/mol. The summed E-state index contributed by atoms with van der Waals surface area (Å²) < 4.78 is 1.95. The highest BCUT2D eigenvalue weighted by Crippen LogP contribution is 2.32. The number of fused-ring (bicyclic) bond motifs is 1. The van der Waals surface area contributed by atoms with Crippen LogP contribution in [0.2, 0.25) is 0 Å². The Morgan fingerprint density at radius 2 is 1.97 bits per heavy atom. The lowest BCUT2D eigenvalue weighted by atomic mass is 10.0. The fourth-order valence-corrected chi connectivity index (χ4v) is 3.96. The fraction of sp³-hybridized carbons (Fsp3) is 0.304. The van der Waals surface area contributed by atoms with E-state index in [-0.39, 0.29) is 5.75 Å². The molecule has 158 valence electrons. The molecule has 1 saturated heterocycles. The van der Waals surface area contributed by atoms with Gasteiger partial charge in [0.1, 0.15) is 17.1 Å². The Bertz CT molecular complexity index is 1200. The van der Waals surface area contributed by atoms with Gasteiger partial charge in [0.25, 0.3) is 0 Å². The van der Waals surface area contributed by atoms with Crippen molar-refractivity contribution in [3.8, 4) is 28.1 Å². The van der Waals surface area contributed by atoms with Crippen LogP contribution in [0.3, 0.4) is 0 Å². The van der Waals surface area contributed by atoms with Crippen molar-refractivity contribution >= 4 is 11.6 Å². The predicted octanol–water partition coefficient (Wildman–Crippen LogP) is 2.99. The van der Waals surface area contributed by atoms with Crippen molar-refractivity contribution in [2.24, 2.45) is 5.92 Å². The molecule has 1 aromatic carbocycles. The van der Waals surface area contributed by atoms with Crippen molar-refractivity contribution in [2.75, 3.05) is 24.5 Å². The van der Waals surface area contributed by atoms with Gasteiger partial charge in [0.05, 0.1) is 6.20 Å². The fourth-order valence-electron chi connectivity index (χ4n) is 3.96. The van der Waals surface area contributed by atoms with Crippen LogP contribution in [0.15, 0.2) is 55.1 Å². The summed E-state index contributed by atoms with van der Waals surface area (Å²) in [6.07, 6.45) is 7.34. The second kappa shape index (κ2) is 7.96. The highest BCUT2D eigenvalue weighted by Gasteiger charge is 2.23. The largest absolute Gasteiger partial charge is 0.507 e. The highest BCUT2D eigenvalue weighted by molar-refractivity contribution is 5.74.